The third kappa shape index (κ3) is 5.18. The van der Waals surface area contributed by atoms with Gasteiger partial charge in [0, 0.05) is 11.8 Å². The van der Waals surface area contributed by atoms with E-state index in [1.54, 1.807) is 25.1 Å². The number of ether oxygens (including phenoxy) is 1. The topological polar surface area (TPSA) is 84.5 Å². The number of hydrogen-bond acceptors (Lipinski definition) is 4. The molecule has 3 rings (SSSR count). The van der Waals surface area contributed by atoms with Crippen molar-refractivity contribution in [3.05, 3.63) is 90.0 Å². The highest BCUT2D eigenvalue weighted by Crippen LogP contribution is 2.31. The Hall–Kier alpha value is -3.32. The quantitative estimate of drug-likeness (QED) is 0.567. The van der Waals surface area contributed by atoms with E-state index in [4.69, 9.17) is 4.74 Å². The maximum atomic E-state index is 13.2. The predicted molar refractivity (Wildman–Crippen MR) is 119 cm³/mol. The van der Waals surface area contributed by atoms with Crippen LogP contribution in [-0.2, 0) is 14.8 Å². The molecule has 30 heavy (non-hydrogen) atoms. The molecule has 0 aliphatic rings. The molecule has 0 aromatic heterocycles. The van der Waals surface area contributed by atoms with Crippen molar-refractivity contribution < 1.29 is 17.9 Å². The Kier molecular flexibility index (Phi) is 6.74. The number of sulfonamides is 1. The molecule has 0 spiro atoms. The Labute approximate surface area is 177 Å². The number of carbonyl (C=O) groups is 1. The van der Waals surface area contributed by atoms with Gasteiger partial charge in [-0.25, -0.2) is 8.42 Å². The number of nitrogens with one attached hydrogen (secondary N) is 2. The first kappa shape index (κ1) is 21.4. The molecule has 0 unspecified atom stereocenters. The molecule has 3 aromatic rings. The van der Waals surface area contributed by atoms with Crippen LogP contribution in [0, 0.1) is 0 Å². The van der Waals surface area contributed by atoms with Crippen molar-refractivity contribution in [1.82, 2.24) is 0 Å². The zero-order chi connectivity index (χ0) is 21.6. The molecule has 0 saturated heterocycles. The third-order valence-corrected chi connectivity index (χ3v) is 5.93. The lowest BCUT2D eigenvalue weighted by atomic mass is 9.90. The highest BCUT2D eigenvalue weighted by atomic mass is 32.2. The van der Waals surface area contributed by atoms with Crippen LogP contribution in [0.1, 0.15) is 24.0 Å². The Morgan fingerprint density at radius 2 is 1.50 bits per heavy atom. The lowest BCUT2D eigenvalue weighted by Crippen LogP contribution is -2.22. The Bertz CT molecular complexity index is 1060. The van der Waals surface area contributed by atoms with Gasteiger partial charge >= 0.3 is 0 Å². The summed E-state index contributed by atoms with van der Waals surface area (Å²) in [5.41, 5.74) is 2.58. The van der Waals surface area contributed by atoms with E-state index in [1.165, 1.54) is 7.11 Å². The molecule has 3 aromatic carbocycles. The number of methoxy groups -OCH3 is 1. The predicted octanol–water partition coefficient (Wildman–Crippen LogP) is 4.23. The van der Waals surface area contributed by atoms with Gasteiger partial charge in [0.1, 0.15) is 5.75 Å². The summed E-state index contributed by atoms with van der Waals surface area (Å²) >= 11 is 0. The number of amides is 1. The fourth-order valence-corrected chi connectivity index (χ4v) is 3.74. The zero-order valence-electron chi connectivity index (χ0n) is 16.8. The Balaban J connectivity index is 1.89. The summed E-state index contributed by atoms with van der Waals surface area (Å²) in [5, 5.41) is 2.92. The minimum Gasteiger partial charge on any atom is -0.494 e. The molecular formula is C23H24N2O4S. The second-order valence-electron chi connectivity index (χ2n) is 6.66. The van der Waals surface area contributed by atoms with Gasteiger partial charge in [-0.2, -0.15) is 0 Å². The average Bonchev–Trinajstić information content (AvgIpc) is 2.76. The molecular weight excluding hydrogens is 400 g/mol. The summed E-state index contributed by atoms with van der Waals surface area (Å²) in [6.45, 7) is 1.55. The van der Waals surface area contributed by atoms with Gasteiger partial charge in [-0.1, -0.05) is 60.7 Å². The monoisotopic (exact) mass is 424 g/mol. The highest BCUT2D eigenvalue weighted by Gasteiger charge is 2.23. The fourth-order valence-electron chi connectivity index (χ4n) is 3.09. The number of carbonyl (C=O) groups excluding carboxylic acids is 1. The van der Waals surface area contributed by atoms with Gasteiger partial charge in [0.25, 0.3) is 0 Å². The van der Waals surface area contributed by atoms with Crippen molar-refractivity contribution in [2.24, 2.45) is 0 Å². The van der Waals surface area contributed by atoms with Gasteiger partial charge in [-0.05, 0) is 30.2 Å². The minimum absolute atomic E-state index is 0.0511. The normalized spacial score (nSPS) is 11.2. The summed E-state index contributed by atoms with van der Waals surface area (Å²) < 4.78 is 31.5. The largest absolute Gasteiger partial charge is 0.494 e. The molecule has 0 saturated carbocycles. The SMILES string of the molecule is CCS(=O)(=O)Nc1ccc(NC(=O)C(c2ccccc2)c2ccccc2)cc1OC. The maximum absolute atomic E-state index is 13.2. The van der Waals surface area contributed by atoms with Crippen LogP contribution in [-0.4, -0.2) is 27.2 Å². The van der Waals surface area contributed by atoms with Gasteiger partial charge in [0.2, 0.25) is 15.9 Å². The Morgan fingerprint density at radius 3 is 2.00 bits per heavy atom. The minimum atomic E-state index is -3.44. The van der Waals surface area contributed by atoms with Crippen molar-refractivity contribution in [2.75, 3.05) is 22.9 Å². The molecule has 0 atom stereocenters. The van der Waals surface area contributed by atoms with Gasteiger partial charge < -0.3 is 10.1 Å². The van der Waals surface area contributed by atoms with Crippen molar-refractivity contribution in [3.8, 4) is 5.75 Å². The molecule has 0 bridgehead atoms. The zero-order valence-corrected chi connectivity index (χ0v) is 17.6. The van der Waals surface area contributed by atoms with E-state index in [-0.39, 0.29) is 11.7 Å². The first-order valence-corrected chi connectivity index (χ1v) is 11.2. The van der Waals surface area contributed by atoms with Gasteiger partial charge in [-0.15, -0.1) is 0 Å². The van der Waals surface area contributed by atoms with Crippen LogP contribution in [0.3, 0.4) is 0 Å². The summed E-state index contributed by atoms with van der Waals surface area (Å²) in [4.78, 5) is 13.2. The fraction of sp³-hybridized carbons (Fsp3) is 0.174. The molecule has 156 valence electrons. The molecule has 0 heterocycles. The van der Waals surface area contributed by atoms with Gasteiger partial charge in [0.15, 0.2) is 0 Å². The number of hydrogen-bond donors (Lipinski definition) is 2. The molecule has 0 aliphatic carbocycles. The summed E-state index contributed by atoms with van der Waals surface area (Å²) in [7, 11) is -2.00. The molecule has 0 aliphatic heterocycles. The van der Waals surface area contributed by atoms with E-state index in [1.807, 2.05) is 60.7 Å². The molecule has 0 fully saturated rings. The van der Waals surface area contributed by atoms with Crippen LogP contribution in [0.5, 0.6) is 5.75 Å². The second kappa shape index (κ2) is 9.45. The van der Waals surface area contributed by atoms with E-state index in [2.05, 4.69) is 10.0 Å². The molecule has 0 radical (unpaired) electrons. The van der Waals surface area contributed by atoms with E-state index in [0.29, 0.717) is 17.1 Å². The van der Waals surface area contributed by atoms with E-state index in [9.17, 15) is 13.2 Å². The smallest absolute Gasteiger partial charge is 0.236 e. The number of anilines is 2. The molecule has 1 amide bonds. The van der Waals surface area contributed by atoms with Crippen molar-refractivity contribution in [3.63, 3.8) is 0 Å². The van der Waals surface area contributed by atoms with Crippen LogP contribution >= 0.6 is 0 Å². The Morgan fingerprint density at radius 1 is 0.933 bits per heavy atom. The summed E-state index contributed by atoms with van der Waals surface area (Å²) in [6, 6.07) is 23.9. The summed E-state index contributed by atoms with van der Waals surface area (Å²) in [5.74, 6) is -0.418. The lowest BCUT2D eigenvalue weighted by molar-refractivity contribution is -0.116. The molecule has 7 heteroatoms. The third-order valence-electron chi connectivity index (χ3n) is 4.64. The van der Waals surface area contributed by atoms with Crippen LogP contribution in [0.15, 0.2) is 78.9 Å². The van der Waals surface area contributed by atoms with Crippen molar-refractivity contribution >= 4 is 27.3 Å². The van der Waals surface area contributed by atoms with E-state index in [0.717, 1.165) is 11.1 Å². The lowest BCUT2D eigenvalue weighted by Gasteiger charge is -2.19. The second-order valence-corrected chi connectivity index (χ2v) is 8.68. The van der Waals surface area contributed by atoms with Crippen LogP contribution in [0.25, 0.3) is 0 Å². The maximum Gasteiger partial charge on any atom is 0.236 e. The number of rotatable bonds is 8. The van der Waals surface area contributed by atoms with E-state index < -0.39 is 15.9 Å². The molecule has 6 nitrogen and oxygen atoms in total. The van der Waals surface area contributed by atoms with Crippen molar-refractivity contribution in [2.45, 2.75) is 12.8 Å². The first-order chi connectivity index (χ1) is 14.4. The van der Waals surface area contributed by atoms with Crippen LogP contribution in [0.2, 0.25) is 0 Å². The van der Waals surface area contributed by atoms with Crippen LogP contribution in [0.4, 0.5) is 11.4 Å². The number of benzene rings is 3. The standard InChI is InChI=1S/C23H24N2O4S/c1-3-30(27,28)25-20-15-14-19(16-21(20)29-2)24-23(26)22(17-10-6-4-7-11-17)18-12-8-5-9-13-18/h4-16,22,25H,3H2,1-2H3,(H,24,26). The first-order valence-electron chi connectivity index (χ1n) is 9.53. The van der Waals surface area contributed by atoms with Gasteiger partial charge in [0.05, 0.1) is 24.5 Å². The van der Waals surface area contributed by atoms with Gasteiger partial charge in [-0.3, -0.25) is 9.52 Å². The highest BCUT2D eigenvalue weighted by molar-refractivity contribution is 7.92. The average molecular weight is 425 g/mol. The summed E-state index contributed by atoms with van der Waals surface area (Å²) in [6.07, 6.45) is 0. The molecule has 2 N–H and O–H groups in total. The van der Waals surface area contributed by atoms with Crippen molar-refractivity contribution in [1.29, 1.82) is 0 Å². The van der Waals surface area contributed by atoms with E-state index >= 15 is 0 Å². The van der Waals surface area contributed by atoms with Crippen LogP contribution < -0.4 is 14.8 Å².